The minimum atomic E-state index is -4.42. The Kier molecular flexibility index (Phi) is 6.31. The van der Waals surface area contributed by atoms with Gasteiger partial charge in [-0.15, -0.1) is 11.8 Å². The highest BCUT2D eigenvalue weighted by Gasteiger charge is 2.30. The molecule has 0 heterocycles. The minimum absolute atomic E-state index is 0.201. The van der Waals surface area contributed by atoms with Crippen LogP contribution < -0.4 is 10.6 Å². The van der Waals surface area contributed by atoms with Crippen molar-refractivity contribution >= 4 is 35.0 Å². The first-order valence-corrected chi connectivity index (χ1v) is 8.55. The smallest absolute Gasteiger partial charge is 0.326 e. The molecule has 0 fully saturated rings. The average Bonchev–Trinajstić information content (AvgIpc) is 2.55. The van der Waals surface area contributed by atoms with E-state index in [1.807, 2.05) is 0 Å². The molecule has 4 nitrogen and oxygen atoms in total. The summed E-state index contributed by atoms with van der Waals surface area (Å²) in [5.74, 6) is -0.535. The van der Waals surface area contributed by atoms with Gasteiger partial charge in [-0.05, 0) is 49.4 Å². The molecule has 0 saturated heterocycles. The molecule has 1 atom stereocenters. The molecule has 0 radical (unpaired) electrons. The van der Waals surface area contributed by atoms with Crippen molar-refractivity contribution in [1.29, 1.82) is 0 Å². The molecule has 2 aromatic rings. The summed E-state index contributed by atoms with van der Waals surface area (Å²) in [4.78, 5) is 23.6. The van der Waals surface area contributed by atoms with Gasteiger partial charge in [0, 0.05) is 23.2 Å². The molecule has 2 amide bonds. The number of carbonyl (C=O) groups excluding carboxylic acids is 2. The van der Waals surface area contributed by atoms with Crippen LogP contribution in [0, 0.1) is 0 Å². The summed E-state index contributed by atoms with van der Waals surface area (Å²) in [6.45, 7) is 3.01. The Balaban J connectivity index is 1.98. The van der Waals surface area contributed by atoms with Gasteiger partial charge in [0.2, 0.25) is 11.8 Å². The van der Waals surface area contributed by atoms with E-state index in [9.17, 15) is 22.8 Å². The fraction of sp³-hybridized carbons (Fsp3) is 0.222. The fourth-order valence-corrected chi connectivity index (χ4v) is 3.01. The van der Waals surface area contributed by atoms with Crippen LogP contribution in [0.25, 0.3) is 0 Å². The molecule has 0 aliphatic heterocycles. The molecule has 0 saturated carbocycles. The summed E-state index contributed by atoms with van der Waals surface area (Å²) >= 11 is 1.04. The van der Waals surface area contributed by atoms with Crippen molar-refractivity contribution in [1.82, 2.24) is 0 Å². The van der Waals surface area contributed by atoms with Crippen molar-refractivity contribution in [2.45, 2.75) is 30.2 Å². The monoisotopic (exact) mass is 382 g/mol. The second-order valence-electron chi connectivity index (χ2n) is 5.53. The Morgan fingerprint density at radius 3 is 2.12 bits per heavy atom. The van der Waals surface area contributed by atoms with Crippen LogP contribution in [0.1, 0.15) is 19.4 Å². The highest BCUT2D eigenvalue weighted by Crippen LogP contribution is 2.33. The predicted octanol–water partition coefficient (Wildman–Crippen LogP) is 4.78. The lowest BCUT2D eigenvalue weighted by Crippen LogP contribution is -2.22. The van der Waals surface area contributed by atoms with E-state index in [2.05, 4.69) is 10.6 Å². The Morgan fingerprint density at radius 1 is 1.00 bits per heavy atom. The molecule has 26 heavy (non-hydrogen) atoms. The summed E-state index contributed by atoms with van der Waals surface area (Å²) in [6, 6.07) is 11.4. The topological polar surface area (TPSA) is 58.2 Å². The number of halogens is 3. The van der Waals surface area contributed by atoms with E-state index in [0.29, 0.717) is 16.3 Å². The molecule has 0 aromatic heterocycles. The number of nitrogens with one attached hydrogen (secondary N) is 2. The van der Waals surface area contributed by atoms with Gasteiger partial charge in [-0.25, -0.2) is 0 Å². The molecule has 2 rings (SSSR count). The summed E-state index contributed by atoms with van der Waals surface area (Å²) in [5, 5.41) is 4.71. The molecule has 0 unspecified atom stereocenters. The van der Waals surface area contributed by atoms with Gasteiger partial charge in [0.05, 0.1) is 10.8 Å². The second kappa shape index (κ2) is 8.27. The van der Waals surface area contributed by atoms with Crippen molar-refractivity contribution in [3.8, 4) is 0 Å². The van der Waals surface area contributed by atoms with Crippen molar-refractivity contribution in [2.75, 3.05) is 10.6 Å². The third kappa shape index (κ3) is 5.80. The van der Waals surface area contributed by atoms with Gasteiger partial charge >= 0.3 is 6.18 Å². The van der Waals surface area contributed by atoms with Crippen LogP contribution in [0.2, 0.25) is 0 Å². The number of hydrogen-bond acceptors (Lipinski definition) is 3. The molecule has 138 valence electrons. The molecule has 0 aliphatic carbocycles. The van der Waals surface area contributed by atoms with E-state index < -0.39 is 17.0 Å². The van der Waals surface area contributed by atoms with Crippen molar-refractivity contribution < 1.29 is 22.8 Å². The average molecular weight is 382 g/mol. The Labute approximate surface area is 153 Å². The van der Waals surface area contributed by atoms with Crippen LogP contribution in [-0.4, -0.2) is 17.1 Å². The summed E-state index contributed by atoms with van der Waals surface area (Å²) in [7, 11) is 0. The zero-order chi connectivity index (χ0) is 19.3. The largest absolute Gasteiger partial charge is 0.416 e. The highest BCUT2D eigenvalue weighted by molar-refractivity contribution is 8.00. The van der Waals surface area contributed by atoms with E-state index in [0.717, 1.165) is 23.9 Å². The van der Waals surface area contributed by atoms with E-state index in [4.69, 9.17) is 0 Å². The van der Waals surface area contributed by atoms with Gasteiger partial charge < -0.3 is 10.6 Å². The number of carbonyl (C=O) groups is 2. The van der Waals surface area contributed by atoms with E-state index in [-0.39, 0.29) is 11.8 Å². The zero-order valence-electron chi connectivity index (χ0n) is 14.1. The molecule has 2 N–H and O–H groups in total. The fourth-order valence-electron chi connectivity index (χ4n) is 2.09. The van der Waals surface area contributed by atoms with E-state index in [1.165, 1.54) is 19.1 Å². The van der Waals surface area contributed by atoms with Gasteiger partial charge in [-0.1, -0.05) is 6.07 Å². The van der Waals surface area contributed by atoms with Crippen LogP contribution in [0.4, 0.5) is 24.5 Å². The van der Waals surface area contributed by atoms with Crippen LogP contribution in [0.15, 0.2) is 53.4 Å². The van der Waals surface area contributed by atoms with Gasteiger partial charge in [0.15, 0.2) is 0 Å². The van der Waals surface area contributed by atoms with E-state index >= 15 is 0 Å². The Hall–Kier alpha value is -2.48. The number of thioether (sulfide) groups is 1. The van der Waals surface area contributed by atoms with Crippen molar-refractivity contribution in [3.63, 3.8) is 0 Å². The first-order valence-electron chi connectivity index (χ1n) is 7.67. The van der Waals surface area contributed by atoms with Gasteiger partial charge in [-0.3, -0.25) is 9.59 Å². The quantitative estimate of drug-likeness (QED) is 0.732. The maximum absolute atomic E-state index is 12.7. The maximum atomic E-state index is 12.7. The second-order valence-corrected chi connectivity index (χ2v) is 6.95. The maximum Gasteiger partial charge on any atom is 0.416 e. The Morgan fingerprint density at radius 2 is 1.58 bits per heavy atom. The first kappa shape index (κ1) is 19.8. The third-order valence-electron chi connectivity index (χ3n) is 3.32. The number of amides is 2. The third-order valence-corrected chi connectivity index (χ3v) is 4.41. The minimum Gasteiger partial charge on any atom is -0.326 e. The van der Waals surface area contributed by atoms with Crippen LogP contribution in [-0.2, 0) is 15.8 Å². The Bertz CT molecular complexity index is 792. The molecule has 0 aliphatic rings. The predicted molar refractivity (Wildman–Crippen MR) is 96.1 cm³/mol. The molecule has 2 aromatic carbocycles. The lowest BCUT2D eigenvalue weighted by Gasteiger charge is -2.14. The van der Waals surface area contributed by atoms with Gasteiger partial charge in [-0.2, -0.15) is 13.2 Å². The number of hydrogen-bond donors (Lipinski definition) is 2. The van der Waals surface area contributed by atoms with E-state index in [1.54, 1.807) is 31.2 Å². The SMILES string of the molecule is CC(=O)Nc1ccc(NC(=O)[C@@H](C)Sc2cccc(C(F)(F)F)c2)cc1. The van der Waals surface area contributed by atoms with Crippen LogP contribution in [0.3, 0.4) is 0 Å². The molecular weight excluding hydrogens is 365 g/mol. The number of benzene rings is 2. The van der Waals surface area contributed by atoms with Crippen molar-refractivity contribution in [3.05, 3.63) is 54.1 Å². The van der Waals surface area contributed by atoms with Gasteiger partial charge in [0.1, 0.15) is 0 Å². The molecule has 8 heteroatoms. The number of rotatable bonds is 5. The number of anilines is 2. The summed E-state index contributed by atoms with van der Waals surface area (Å²) in [6.07, 6.45) is -4.42. The van der Waals surface area contributed by atoms with Crippen molar-refractivity contribution in [2.24, 2.45) is 0 Å². The van der Waals surface area contributed by atoms with Crippen LogP contribution >= 0.6 is 11.8 Å². The molecule has 0 bridgehead atoms. The zero-order valence-corrected chi connectivity index (χ0v) is 14.9. The van der Waals surface area contributed by atoms with Gasteiger partial charge in [0.25, 0.3) is 0 Å². The lowest BCUT2D eigenvalue weighted by atomic mass is 10.2. The molecule has 0 spiro atoms. The number of alkyl halides is 3. The summed E-state index contributed by atoms with van der Waals surface area (Å²) < 4.78 is 38.2. The summed E-state index contributed by atoms with van der Waals surface area (Å²) in [5.41, 5.74) is 0.381. The molecular formula is C18H17F3N2O2S. The lowest BCUT2D eigenvalue weighted by molar-refractivity contribution is -0.137. The van der Waals surface area contributed by atoms with Crippen LogP contribution in [0.5, 0.6) is 0 Å². The standard InChI is InChI=1S/C18H17F3N2O2S/c1-11(26-16-5-3-4-13(10-16)18(19,20)21)17(25)23-15-8-6-14(7-9-15)22-12(2)24/h3-11H,1-2H3,(H,22,24)(H,23,25)/t11-/m1/s1. The normalized spacial score (nSPS) is 12.3. The first-order chi connectivity index (χ1) is 12.1. The highest BCUT2D eigenvalue weighted by atomic mass is 32.2.